The molecule has 0 unspecified atom stereocenters. The minimum Gasteiger partial charge on any atom is -0.304 e. The number of nitrogen functional groups attached to an aromatic ring is 1. The van der Waals surface area contributed by atoms with Crippen molar-refractivity contribution in [3.63, 3.8) is 0 Å². The molecular weight excluding hydrogens is 182 g/mol. The quantitative estimate of drug-likeness (QED) is 0.373. The van der Waals surface area contributed by atoms with E-state index in [1.165, 1.54) is 6.20 Å². The van der Waals surface area contributed by atoms with Crippen molar-refractivity contribution in [2.24, 2.45) is 12.9 Å². The van der Waals surface area contributed by atoms with Gasteiger partial charge < -0.3 is 4.90 Å². The molecule has 0 aliphatic carbocycles. The fourth-order valence-corrected chi connectivity index (χ4v) is 1.22. The van der Waals surface area contributed by atoms with Gasteiger partial charge in [-0.15, -0.1) is 0 Å². The van der Waals surface area contributed by atoms with Gasteiger partial charge in [-0.1, -0.05) is 0 Å². The van der Waals surface area contributed by atoms with E-state index in [-0.39, 0.29) is 5.91 Å². The Labute approximate surface area is 82.6 Å². The van der Waals surface area contributed by atoms with Crippen molar-refractivity contribution in [2.45, 2.75) is 6.54 Å². The van der Waals surface area contributed by atoms with Gasteiger partial charge in [0, 0.05) is 13.6 Å². The first-order valence-corrected chi connectivity index (χ1v) is 4.22. The molecule has 1 rings (SSSR count). The van der Waals surface area contributed by atoms with Crippen LogP contribution in [-0.4, -0.2) is 34.7 Å². The monoisotopic (exact) mass is 197 g/mol. The van der Waals surface area contributed by atoms with E-state index in [2.05, 4.69) is 10.5 Å². The highest BCUT2D eigenvalue weighted by atomic mass is 16.2. The minimum absolute atomic E-state index is 0.310. The van der Waals surface area contributed by atoms with Gasteiger partial charge in [-0.3, -0.25) is 14.9 Å². The van der Waals surface area contributed by atoms with E-state index in [1.807, 2.05) is 19.0 Å². The van der Waals surface area contributed by atoms with Crippen molar-refractivity contribution in [2.75, 3.05) is 14.1 Å². The fourth-order valence-electron chi connectivity index (χ4n) is 1.22. The highest BCUT2D eigenvalue weighted by Crippen LogP contribution is 2.08. The Morgan fingerprint density at radius 1 is 1.71 bits per heavy atom. The number of hydrogen-bond donors (Lipinski definition) is 2. The highest BCUT2D eigenvalue weighted by Gasteiger charge is 2.15. The van der Waals surface area contributed by atoms with Crippen LogP contribution in [0.25, 0.3) is 0 Å². The lowest BCUT2D eigenvalue weighted by molar-refractivity contribution is 0.0952. The second-order valence-corrected chi connectivity index (χ2v) is 3.34. The van der Waals surface area contributed by atoms with Crippen LogP contribution in [-0.2, 0) is 13.6 Å². The summed E-state index contributed by atoms with van der Waals surface area (Å²) in [4.78, 5) is 13.3. The highest BCUT2D eigenvalue weighted by molar-refractivity contribution is 5.94. The molecule has 6 heteroatoms. The van der Waals surface area contributed by atoms with Crippen LogP contribution >= 0.6 is 0 Å². The van der Waals surface area contributed by atoms with Gasteiger partial charge in [0.1, 0.15) is 0 Å². The second-order valence-electron chi connectivity index (χ2n) is 3.34. The van der Waals surface area contributed by atoms with Crippen molar-refractivity contribution in [3.8, 4) is 0 Å². The van der Waals surface area contributed by atoms with Gasteiger partial charge in [0.25, 0.3) is 5.91 Å². The van der Waals surface area contributed by atoms with E-state index in [9.17, 15) is 4.79 Å². The first kappa shape index (κ1) is 10.7. The predicted molar refractivity (Wildman–Crippen MR) is 52.3 cm³/mol. The smallest absolute Gasteiger partial charge is 0.268 e. The summed E-state index contributed by atoms with van der Waals surface area (Å²) in [5.74, 6) is 4.75. The number of hydrazine groups is 1. The maximum Gasteiger partial charge on any atom is 0.268 e. The molecule has 3 N–H and O–H groups in total. The molecule has 78 valence electrons. The largest absolute Gasteiger partial charge is 0.304 e. The molecule has 0 spiro atoms. The van der Waals surface area contributed by atoms with Crippen LogP contribution in [0, 0.1) is 0 Å². The van der Waals surface area contributed by atoms with Gasteiger partial charge >= 0.3 is 0 Å². The van der Waals surface area contributed by atoms with Crippen molar-refractivity contribution < 1.29 is 4.79 Å². The number of aromatic nitrogens is 2. The molecule has 0 saturated carbocycles. The topological polar surface area (TPSA) is 76.2 Å². The third-order valence-corrected chi connectivity index (χ3v) is 1.90. The summed E-state index contributed by atoms with van der Waals surface area (Å²) in [6.07, 6.45) is 1.51. The number of amides is 1. The molecule has 0 fully saturated rings. The van der Waals surface area contributed by atoms with Crippen LogP contribution in [0.4, 0.5) is 0 Å². The molecule has 14 heavy (non-hydrogen) atoms. The molecule has 1 aromatic rings. The third kappa shape index (κ3) is 2.09. The van der Waals surface area contributed by atoms with Crippen LogP contribution in [0.3, 0.4) is 0 Å². The number of hydrogen-bond acceptors (Lipinski definition) is 4. The zero-order chi connectivity index (χ0) is 10.7. The molecule has 0 aliphatic heterocycles. The average molecular weight is 197 g/mol. The maximum atomic E-state index is 11.3. The molecule has 1 aromatic heterocycles. The molecule has 0 radical (unpaired) electrons. The van der Waals surface area contributed by atoms with Crippen molar-refractivity contribution in [3.05, 3.63) is 17.5 Å². The van der Waals surface area contributed by atoms with E-state index in [0.29, 0.717) is 12.1 Å². The van der Waals surface area contributed by atoms with E-state index < -0.39 is 0 Å². The Morgan fingerprint density at radius 2 is 2.36 bits per heavy atom. The van der Waals surface area contributed by atoms with Gasteiger partial charge in [0.05, 0.1) is 17.5 Å². The number of nitrogens with zero attached hydrogens (tertiary/aromatic N) is 3. The molecule has 6 nitrogen and oxygen atoms in total. The SMILES string of the molecule is CN(C)Cc1c(C(=O)NN)cnn1C. The lowest BCUT2D eigenvalue weighted by Crippen LogP contribution is -2.31. The van der Waals surface area contributed by atoms with Gasteiger partial charge in [-0.25, -0.2) is 5.84 Å². The third-order valence-electron chi connectivity index (χ3n) is 1.90. The number of carbonyl (C=O) groups is 1. The number of nitrogens with two attached hydrogens (primary N) is 1. The summed E-state index contributed by atoms with van der Waals surface area (Å²) in [5.41, 5.74) is 3.46. The van der Waals surface area contributed by atoms with Crippen LogP contribution in [0.1, 0.15) is 16.1 Å². The summed E-state index contributed by atoms with van der Waals surface area (Å²) >= 11 is 0. The molecule has 1 amide bonds. The first-order valence-electron chi connectivity index (χ1n) is 4.22. The zero-order valence-corrected chi connectivity index (χ0v) is 8.61. The predicted octanol–water partition coefficient (Wildman–Crippen LogP) is -0.915. The van der Waals surface area contributed by atoms with Gasteiger partial charge in [-0.2, -0.15) is 5.10 Å². The van der Waals surface area contributed by atoms with E-state index in [4.69, 9.17) is 5.84 Å². The summed E-state index contributed by atoms with van der Waals surface area (Å²) in [6, 6.07) is 0. The standard InChI is InChI=1S/C8H15N5O/c1-12(2)5-7-6(8(14)11-9)4-10-13(7)3/h4H,5,9H2,1-3H3,(H,11,14). The molecule has 0 atom stereocenters. The average Bonchev–Trinajstić information content (AvgIpc) is 2.46. The van der Waals surface area contributed by atoms with Crippen molar-refractivity contribution in [1.29, 1.82) is 0 Å². The van der Waals surface area contributed by atoms with E-state index in [1.54, 1.807) is 11.7 Å². The second kappa shape index (κ2) is 4.21. The van der Waals surface area contributed by atoms with Crippen molar-refractivity contribution >= 4 is 5.91 Å². The first-order chi connectivity index (χ1) is 6.56. The summed E-state index contributed by atoms with van der Waals surface area (Å²) in [7, 11) is 5.65. The summed E-state index contributed by atoms with van der Waals surface area (Å²) in [6.45, 7) is 0.652. The fraction of sp³-hybridized carbons (Fsp3) is 0.500. The minimum atomic E-state index is -0.310. The summed E-state index contributed by atoms with van der Waals surface area (Å²) in [5, 5.41) is 4.01. The maximum absolute atomic E-state index is 11.3. The molecule has 1 heterocycles. The number of aryl methyl sites for hydroxylation is 1. The normalized spacial score (nSPS) is 10.6. The Morgan fingerprint density at radius 3 is 2.86 bits per heavy atom. The Balaban J connectivity index is 2.99. The molecule has 0 bridgehead atoms. The van der Waals surface area contributed by atoms with Crippen molar-refractivity contribution in [1.82, 2.24) is 20.1 Å². The number of nitrogens with one attached hydrogen (secondary N) is 1. The van der Waals surface area contributed by atoms with E-state index in [0.717, 1.165) is 5.69 Å². The molecular formula is C8H15N5O. The van der Waals surface area contributed by atoms with Crippen LogP contribution < -0.4 is 11.3 Å². The van der Waals surface area contributed by atoms with Gasteiger partial charge in [-0.05, 0) is 14.1 Å². The lowest BCUT2D eigenvalue weighted by atomic mass is 10.2. The lowest BCUT2D eigenvalue weighted by Gasteiger charge is -2.11. The number of carbonyl (C=O) groups excluding carboxylic acids is 1. The van der Waals surface area contributed by atoms with Gasteiger partial charge in [0.15, 0.2) is 0 Å². The number of rotatable bonds is 3. The molecule has 0 aromatic carbocycles. The van der Waals surface area contributed by atoms with Crippen LogP contribution in [0.5, 0.6) is 0 Å². The van der Waals surface area contributed by atoms with E-state index >= 15 is 0 Å². The van der Waals surface area contributed by atoms with Crippen LogP contribution in [0.2, 0.25) is 0 Å². The Hall–Kier alpha value is -1.40. The molecule has 0 saturated heterocycles. The molecule has 0 aliphatic rings. The van der Waals surface area contributed by atoms with Gasteiger partial charge in [0.2, 0.25) is 0 Å². The Kier molecular flexibility index (Phi) is 3.21. The Bertz CT molecular complexity index is 330. The summed E-state index contributed by atoms with van der Waals surface area (Å²) < 4.78 is 1.67. The van der Waals surface area contributed by atoms with Crippen LogP contribution in [0.15, 0.2) is 6.20 Å². The zero-order valence-electron chi connectivity index (χ0n) is 8.61.